The lowest BCUT2D eigenvalue weighted by molar-refractivity contribution is 0.0665. The Labute approximate surface area is 164 Å². The number of hydrogen-bond acceptors (Lipinski definition) is 3. The Balaban J connectivity index is 1.71. The molecule has 0 saturated carbocycles. The lowest BCUT2D eigenvalue weighted by Crippen LogP contribution is -2.34. The highest BCUT2D eigenvalue weighted by Gasteiger charge is 2.24. The van der Waals surface area contributed by atoms with Crippen LogP contribution in [0.1, 0.15) is 34.7 Å². The van der Waals surface area contributed by atoms with Gasteiger partial charge in [0, 0.05) is 11.6 Å². The van der Waals surface area contributed by atoms with Crippen molar-refractivity contribution in [1.29, 1.82) is 0 Å². The van der Waals surface area contributed by atoms with Gasteiger partial charge < -0.3 is 4.90 Å². The predicted octanol–water partition coefficient (Wildman–Crippen LogP) is 5.03. The average Bonchev–Trinajstić information content (AvgIpc) is 2.77. The number of amides is 1. The Kier molecular flexibility index (Phi) is 5.11. The zero-order valence-electron chi connectivity index (χ0n) is 15.7. The predicted molar refractivity (Wildman–Crippen MR) is 111 cm³/mol. The highest BCUT2D eigenvalue weighted by molar-refractivity contribution is 5.95. The maximum Gasteiger partial charge on any atom is 0.273 e. The van der Waals surface area contributed by atoms with Crippen LogP contribution >= 0.6 is 0 Å². The quantitative estimate of drug-likeness (QED) is 0.497. The molecule has 138 valence electrons. The smallest absolute Gasteiger partial charge is 0.273 e. The zero-order chi connectivity index (χ0) is 19.3. The minimum atomic E-state index is -0.107. The summed E-state index contributed by atoms with van der Waals surface area (Å²) >= 11 is 0. The van der Waals surface area contributed by atoms with Crippen LogP contribution in [-0.2, 0) is 6.54 Å². The molecule has 0 aliphatic carbocycles. The maximum atomic E-state index is 13.4. The fourth-order valence-electron chi connectivity index (χ4n) is 3.29. The van der Waals surface area contributed by atoms with Crippen LogP contribution in [0.3, 0.4) is 0 Å². The molecule has 4 heteroatoms. The number of para-hydroxylation sites is 1. The number of rotatable bonds is 5. The molecule has 4 rings (SSSR count). The molecule has 4 nitrogen and oxygen atoms in total. The molecular weight excluding hydrogens is 346 g/mol. The second-order valence-electron chi connectivity index (χ2n) is 6.73. The van der Waals surface area contributed by atoms with E-state index in [2.05, 4.69) is 9.97 Å². The summed E-state index contributed by atoms with van der Waals surface area (Å²) in [5.74, 6) is -0.104. The van der Waals surface area contributed by atoms with Crippen LogP contribution in [0.25, 0.3) is 10.9 Å². The number of hydrogen-bond donors (Lipinski definition) is 0. The number of nitrogens with zero attached hydrogens (tertiary/aromatic N) is 3. The van der Waals surface area contributed by atoms with E-state index in [1.54, 1.807) is 12.3 Å². The van der Waals surface area contributed by atoms with Gasteiger partial charge in [-0.15, -0.1) is 0 Å². The van der Waals surface area contributed by atoms with Crippen molar-refractivity contribution in [1.82, 2.24) is 14.9 Å². The van der Waals surface area contributed by atoms with Gasteiger partial charge in [0.2, 0.25) is 0 Å². The summed E-state index contributed by atoms with van der Waals surface area (Å²) < 4.78 is 0. The molecule has 0 radical (unpaired) electrons. The fraction of sp³-hybridized carbons (Fsp3) is 0.125. The second kappa shape index (κ2) is 8.01. The third-order valence-electron chi connectivity index (χ3n) is 4.89. The van der Waals surface area contributed by atoms with Gasteiger partial charge in [-0.3, -0.25) is 9.78 Å². The molecule has 1 atom stereocenters. The van der Waals surface area contributed by atoms with Crippen molar-refractivity contribution in [3.8, 4) is 0 Å². The van der Waals surface area contributed by atoms with E-state index in [0.717, 1.165) is 22.2 Å². The second-order valence-corrected chi connectivity index (χ2v) is 6.73. The molecule has 0 spiro atoms. The van der Waals surface area contributed by atoms with Crippen molar-refractivity contribution in [3.63, 3.8) is 0 Å². The normalized spacial score (nSPS) is 11.9. The standard InChI is InChI=1S/C24H21N3O/c1-18(19-9-3-2-4-10-19)27(17-21-12-7-8-16-25-21)24(28)23-15-14-20-11-5-6-13-22(20)26-23/h2-16,18H,17H2,1H3/t18-/m1/s1. The maximum absolute atomic E-state index is 13.4. The summed E-state index contributed by atoms with van der Waals surface area (Å²) in [7, 11) is 0. The number of aromatic nitrogens is 2. The Morgan fingerprint density at radius 1 is 0.893 bits per heavy atom. The topological polar surface area (TPSA) is 46.1 Å². The summed E-state index contributed by atoms with van der Waals surface area (Å²) in [4.78, 5) is 24.3. The molecule has 0 unspecified atom stereocenters. The third kappa shape index (κ3) is 3.76. The van der Waals surface area contributed by atoms with Crippen LogP contribution < -0.4 is 0 Å². The van der Waals surface area contributed by atoms with E-state index in [4.69, 9.17) is 0 Å². The van der Waals surface area contributed by atoms with Crippen molar-refractivity contribution < 1.29 is 4.79 Å². The lowest BCUT2D eigenvalue weighted by Gasteiger charge is -2.29. The van der Waals surface area contributed by atoms with Crippen molar-refractivity contribution in [3.05, 3.63) is 108 Å². The van der Waals surface area contributed by atoms with Crippen LogP contribution in [0.2, 0.25) is 0 Å². The number of carbonyl (C=O) groups is 1. The van der Waals surface area contributed by atoms with Crippen molar-refractivity contribution >= 4 is 16.8 Å². The molecule has 2 aromatic carbocycles. The van der Waals surface area contributed by atoms with E-state index >= 15 is 0 Å². The van der Waals surface area contributed by atoms with Crippen LogP contribution in [0, 0.1) is 0 Å². The Bertz CT molecular complexity index is 1080. The van der Waals surface area contributed by atoms with Gasteiger partial charge in [-0.25, -0.2) is 4.98 Å². The number of carbonyl (C=O) groups excluding carboxylic acids is 1. The number of fused-ring (bicyclic) bond motifs is 1. The zero-order valence-corrected chi connectivity index (χ0v) is 15.7. The molecule has 0 bridgehead atoms. The summed E-state index contributed by atoms with van der Waals surface area (Å²) in [5, 5.41) is 1.02. The van der Waals surface area contributed by atoms with Gasteiger partial charge in [-0.2, -0.15) is 0 Å². The summed E-state index contributed by atoms with van der Waals surface area (Å²) in [6.45, 7) is 2.46. The van der Waals surface area contributed by atoms with Crippen molar-refractivity contribution in [2.45, 2.75) is 19.5 Å². The average molecular weight is 367 g/mol. The summed E-state index contributed by atoms with van der Waals surface area (Å²) in [6.07, 6.45) is 1.75. The first kappa shape index (κ1) is 17.9. The first-order valence-electron chi connectivity index (χ1n) is 9.34. The fourth-order valence-corrected chi connectivity index (χ4v) is 3.29. The molecule has 0 fully saturated rings. The molecule has 28 heavy (non-hydrogen) atoms. The van der Waals surface area contributed by atoms with Gasteiger partial charge in [0.15, 0.2) is 0 Å². The van der Waals surface area contributed by atoms with E-state index < -0.39 is 0 Å². The van der Waals surface area contributed by atoms with E-state index in [-0.39, 0.29) is 11.9 Å². The van der Waals surface area contributed by atoms with E-state index in [1.165, 1.54) is 0 Å². The minimum Gasteiger partial charge on any atom is -0.325 e. The van der Waals surface area contributed by atoms with Gasteiger partial charge in [0.1, 0.15) is 5.69 Å². The summed E-state index contributed by atoms with van der Waals surface area (Å²) in [6, 6.07) is 27.2. The van der Waals surface area contributed by atoms with Gasteiger partial charge in [-0.05, 0) is 36.8 Å². The lowest BCUT2D eigenvalue weighted by atomic mass is 10.1. The highest BCUT2D eigenvalue weighted by atomic mass is 16.2. The molecule has 0 aliphatic heterocycles. The Morgan fingerprint density at radius 3 is 2.43 bits per heavy atom. The minimum absolute atomic E-state index is 0.104. The molecule has 0 N–H and O–H groups in total. The molecular formula is C24H21N3O. The molecule has 1 amide bonds. The monoisotopic (exact) mass is 367 g/mol. The van der Waals surface area contributed by atoms with E-state index in [0.29, 0.717) is 12.2 Å². The van der Waals surface area contributed by atoms with Crippen LogP contribution in [0.5, 0.6) is 0 Å². The van der Waals surface area contributed by atoms with Crippen LogP contribution in [-0.4, -0.2) is 20.8 Å². The van der Waals surface area contributed by atoms with Crippen molar-refractivity contribution in [2.24, 2.45) is 0 Å². The van der Waals surface area contributed by atoms with Gasteiger partial charge >= 0.3 is 0 Å². The number of benzene rings is 2. The van der Waals surface area contributed by atoms with Gasteiger partial charge in [0.25, 0.3) is 5.91 Å². The van der Waals surface area contributed by atoms with Gasteiger partial charge in [-0.1, -0.05) is 60.7 Å². The largest absolute Gasteiger partial charge is 0.325 e. The van der Waals surface area contributed by atoms with Crippen LogP contribution in [0.15, 0.2) is 91.1 Å². The molecule has 0 saturated heterocycles. The highest BCUT2D eigenvalue weighted by Crippen LogP contribution is 2.24. The Hall–Kier alpha value is -3.53. The summed E-state index contributed by atoms with van der Waals surface area (Å²) in [5.41, 5.74) is 3.18. The Morgan fingerprint density at radius 2 is 1.64 bits per heavy atom. The van der Waals surface area contributed by atoms with Crippen LogP contribution in [0.4, 0.5) is 0 Å². The van der Waals surface area contributed by atoms with E-state index in [9.17, 15) is 4.79 Å². The first-order valence-corrected chi connectivity index (χ1v) is 9.34. The molecule has 2 heterocycles. The number of pyridine rings is 2. The van der Waals surface area contributed by atoms with Crippen molar-refractivity contribution in [2.75, 3.05) is 0 Å². The van der Waals surface area contributed by atoms with Gasteiger partial charge in [0.05, 0.1) is 23.8 Å². The molecule has 2 aromatic heterocycles. The first-order chi connectivity index (χ1) is 13.7. The SMILES string of the molecule is C[C@H](c1ccccc1)N(Cc1ccccn1)C(=O)c1ccc2ccccc2n1. The molecule has 4 aromatic rings. The third-order valence-corrected chi connectivity index (χ3v) is 4.89. The molecule has 0 aliphatic rings. The van der Waals surface area contributed by atoms with E-state index in [1.807, 2.05) is 90.7 Å².